The summed E-state index contributed by atoms with van der Waals surface area (Å²) in [5, 5.41) is 33.1. The van der Waals surface area contributed by atoms with Gasteiger partial charge in [-0.05, 0) is 47.5 Å². The minimum Gasteiger partial charge on any atom is -0.506 e. The van der Waals surface area contributed by atoms with E-state index in [9.17, 15) is 27.0 Å². The summed E-state index contributed by atoms with van der Waals surface area (Å²) in [6.07, 6.45) is 2.12. The van der Waals surface area contributed by atoms with Crippen LogP contribution in [-0.2, 0) is 20.2 Å². The topological polar surface area (TPSA) is 251 Å². The largest absolute Gasteiger partial charge is 1.00 e. The third-order valence-electron chi connectivity index (χ3n) is 3.53. The van der Waals surface area contributed by atoms with Crippen molar-refractivity contribution in [1.82, 2.24) is 0 Å². The number of nitrogens with zero attached hydrogens (tertiary/aromatic N) is 4. The Morgan fingerprint density at radius 1 is 0.727 bits per heavy atom. The average Bonchev–Trinajstić information content (AvgIpc) is 2.68. The Labute approximate surface area is 209 Å². The number of hydrogen-bond acceptors (Lipinski definition) is 10. The van der Waals surface area contributed by atoms with Crippen LogP contribution in [0.1, 0.15) is 11.1 Å². The van der Waals surface area contributed by atoms with E-state index in [-0.39, 0.29) is 52.4 Å². The van der Waals surface area contributed by atoms with Gasteiger partial charge in [-0.15, -0.1) is 10.2 Å². The van der Waals surface area contributed by atoms with Crippen LogP contribution in [0.5, 0.6) is 11.5 Å². The number of nitrogens with two attached hydrogens (primary N) is 2. The van der Waals surface area contributed by atoms with E-state index in [1.54, 1.807) is 0 Å². The Kier molecular flexibility index (Phi) is 9.67. The summed E-state index contributed by atoms with van der Waals surface area (Å²) < 4.78 is 62.7. The van der Waals surface area contributed by atoms with Gasteiger partial charge in [0.2, 0.25) is 0 Å². The number of aromatic hydroxyl groups is 2. The minimum absolute atomic E-state index is 0. The van der Waals surface area contributed by atoms with Crippen LogP contribution in [0.2, 0.25) is 0 Å². The first kappa shape index (κ1) is 28.2. The molecule has 0 saturated heterocycles. The van der Waals surface area contributed by atoms with Gasteiger partial charge in [0, 0.05) is 0 Å². The Balaban J connectivity index is 0.00000544. The first-order valence-corrected chi connectivity index (χ1v) is 11.0. The van der Waals surface area contributed by atoms with Crippen molar-refractivity contribution in [3.8, 4) is 11.5 Å². The zero-order chi connectivity index (χ0) is 24.1. The molecule has 0 aromatic heterocycles. The van der Waals surface area contributed by atoms with E-state index >= 15 is 0 Å². The van der Waals surface area contributed by atoms with Crippen molar-refractivity contribution in [2.45, 2.75) is 9.79 Å². The van der Waals surface area contributed by atoms with Crippen molar-refractivity contribution in [2.24, 2.45) is 31.9 Å². The summed E-state index contributed by atoms with van der Waals surface area (Å²) in [5.41, 5.74) is 11.5. The Morgan fingerprint density at radius 3 is 1.36 bits per heavy atom. The molecule has 0 radical (unpaired) electrons. The van der Waals surface area contributed by atoms with Crippen molar-refractivity contribution in [2.75, 3.05) is 0 Å². The second-order valence-corrected chi connectivity index (χ2v) is 8.64. The summed E-state index contributed by atoms with van der Waals surface area (Å²) in [6.45, 7) is 0. The van der Waals surface area contributed by atoms with Gasteiger partial charge >= 0.3 is 29.6 Å². The third-order valence-corrected chi connectivity index (χ3v) is 5.30. The fourth-order valence-corrected chi connectivity index (χ4v) is 3.29. The van der Waals surface area contributed by atoms with E-state index in [1.165, 1.54) is 12.1 Å². The number of benzene rings is 2. The zero-order valence-corrected chi connectivity index (χ0v) is 20.4. The van der Waals surface area contributed by atoms with Crippen molar-refractivity contribution in [3.63, 3.8) is 0 Å². The maximum absolute atomic E-state index is 11.2. The second kappa shape index (κ2) is 11.3. The molecule has 33 heavy (non-hydrogen) atoms. The van der Waals surface area contributed by atoms with Crippen LogP contribution in [0.25, 0.3) is 0 Å². The molecular weight excluding hydrogens is 491 g/mol. The summed E-state index contributed by atoms with van der Waals surface area (Å²) in [6, 6.07) is 6.52. The molecular formula is C16H16N6NaO8S2+. The molecule has 17 heteroatoms. The van der Waals surface area contributed by atoms with Gasteiger partial charge in [-0.2, -0.15) is 27.0 Å². The van der Waals surface area contributed by atoms with Crippen molar-refractivity contribution in [1.29, 1.82) is 0 Å². The van der Waals surface area contributed by atoms with Crippen LogP contribution in [-0.4, -0.2) is 60.3 Å². The van der Waals surface area contributed by atoms with Gasteiger partial charge in [-0.3, -0.25) is 9.11 Å². The molecule has 0 aliphatic rings. The minimum atomic E-state index is -4.65. The van der Waals surface area contributed by atoms with E-state index < -0.39 is 41.5 Å². The maximum atomic E-state index is 11.2. The molecule has 14 nitrogen and oxygen atoms in total. The van der Waals surface area contributed by atoms with Crippen LogP contribution in [0.4, 0.5) is 0 Å². The van der Waals surface area contributed by atoms with E-state index in [1.807, 2.05) is 0 Å². The van der Waals surface area contributed by atoms with Crippen LogP contribution in [0, 0.1) is 0 Å². The number of rotatable bonds is 6. The maximum Gasteiger partial charge on any atom is 1.00 e. The summed E-state index contributed by atoms with van der Waals surface area (Å²) in [7, 11) is -9.29. The first-order valence-electron chi connectivity index (χ1n) is 8.13. The fraction of sp³-hybridized carbons (Fsp3) is 0. The summed E-state index contributed by atoms with van der Waals surface area (Å²) >= 11 is 0. The summed E-state index contributed by atoms with van der Waals surface area (Å²) in [5.74, 6) is -2.06. The molecule has 0 unspecified atom stereocenters. The van der Waals surface area contributed by atoms with Crippen LogP contribution >= 0.6 is 0 Å². The number of hydrogen-bond donors (Lipinski definition) is 6. The van der Waals surface area contributed by atoms with E-state index in [0.717, 1.165) is 36.7 Å². The molecule has 0 fully saturated rings. The first-order chi connectivity index (χ1) is 14.8. The smallest absolute Gasteiger partial charge is 0.506 e. The van der Waals surface area contributed by atoms with Gasteiger partial charge in [0.05, 0.1) is 12.4 Å². The van der Waals surface area contributed by atoms with Crippen LogP contribution in [0.15, 0.2) is 66.6 Å². The SMILES string of the molecule is NC(=N\N=C\c1ccc(O)c(S(=O)(=O)O)c1)/C(N)=N/N=C/c1ccc(O)c(S(=O)(=O)O)c1.[Na+]. The van der Waals surface area contributed by atoms with E-state index in [0.29, 0.717) is 0 Å². The average molecular weight is 507 g/mol. The van der Waals surface area contributed by atoms with Crippen LogP contribution < -0.4 is 41.0 Å². The zero-order valence-electron chi connectivity index (χ0n) is 16.8. The molecule has 0 bridgehead atoms. The molecule has 0 atom stereocenters. The molecule has 2 aromatic carbocycles. The van der Waals surface area contributed by atoms with Crippen LogP contribution in [0.3, 0.4) is 0 Å². The molecule has 2 aromatic rings. The van der Waals surface area contributed by atoms with E-state index in [2.05, 4.69) is 20.4 Å². The number of amidine groups is 2. The molecule has 0 saturated carbocycles. The molecule has 0 aliphatic heterocycles. The van der Waals surface area contributed by atoms with Crippen molar-refractivity contribution >= 4 is 44.3 Å². The van der Waals surface area contributed by atoms with Gasteiger partial charge in [-0.25, -0.2) is 0 Å². The van der Waals surface area contributed by atoms with Gasteiger partial charge in [0.1, 0.15) is 21.3 Å². The molecule has 2 rings (SSSR count). The molecule has 0 heterocycles. The number of phenolic OH excluding ortho intramolecular Hbond substituents is 2. The molecule has 170 valence electrons. The molecule has 0 aliphatic carbocycles. The Morgan fingerprint density at radius 2 is 1.06 bits per heavy atom. The number of phenols is 2. The van der Waals surface area contributed by atoms with Gasteiger partial charge in [0.15, 0.2) is 11.7 Å². The molecule has 0 spiro atoms. The summed E-state index contributed by atoms with van der Waals surface area (Å²) in [4.78, 5) is -1.44. The normalized spacial score (nSPS) is 13.4. The molecule has 0 amide bonds. The quantitative estimate of drug-likeness (QED) is 0.0745. The van der Waals surface area contributed by atoms with Gasteiger partial charge in [-0.1, -0.05) is 0 Å². The Bertz CT molecular complexity index is 1270. The predicted octanol–water partition coefficient (Wildman–Crippen LogP) is -3.32. The van der Waals surface area contributed by atoms with E-state index in [4.69, 9.17) is 20.6 Å². The predicted molar refractivity (Wildman–Crippen MR) is 114 cm³/mol. The van der Waals surface area contributed by atoms with Gasteiger partial charge in [0.25, 0.3) is 20.2 Å². The second-order valence-electron chi connectivity index (χ2n) is 5.86. The standard InChI is InChI=1S/C16H16N6O8S2.Na/c17-15(21-19-7-9-1-3-11(23)13(5-9)31(25,26)27)16(18)22-20-8-10-2-4-12(24)14(6-10)32(28,29)30;/h1-8,23-24H,(H2,17,21)(H2,18,22)(H,25,26,27)(H,28,29,30);/q;+1/b19-7+,20-8+;. The van der Waals surface area contributed by atoms with Gasteiger partial charge < -0.3 is 21.7 Å². The fourth-order valence-electron chi connectivity index (χ4n) is 2.05. The van der Waals surface area contributed by atoms with Crippen molar-refractivity contribution < 1.29 is 65.7 Å². The monoisotopic (exact) mass is 507 g/mol. The van der Waals surface area contributed by atoms with Crippen molar-refractivity contribution in [3.05, 3.63) is 47.5 Å². The molecule has 8 N–H and O–H groups in total. The Hall–Kier alpha value is -2.86. The third kappa shape index (κ3) is 8.21.